The molecule has 0 bridgehead atoms. The van der Waals surface area contributed by atoms with Crippen molar-refractivity contribution in [1.29, 1.82) is 0 Å². The van der Waals surface area contributed by atoms with Gasteiger partial charge in [0.2, 0.25) is 0 Å². The van der Waals surface area contributed by atoms with E-state index in [2.05, 4.69) is 51.1 Å². The molecule has 6 nitrogen and oxygen atoms in total. The molecule has 0 N–H and O–H groups in total. The number of benzene rings is 2. The molecule has 1 fully saturated rings. The maximum atomic E-state index is 11.6. The topological polar surface area (TPSA) is 86.2 Å². The number of allylic oxidation sites excluding steroid dienone is 2. The Kier molecular flexibility index (Phi) is 16.7. The van der Waals surface area contributed by atoms with E-state index in [1.165, 1.54) is 23.6 Å². The van der Waals surface area contributed by atoms with Gasteiger partial charge in [0.25, 0.3) is 0 Å². The van der Waals surface area contributed by atoms with Crippen LogP contribution >= 0.6 is 0 Å². The van der Waals surface area contributed by atoms with Crippen molar-refractivity contribution < 1.29 is 39.5 Å². The van der Waals surface area contributed by atoms with Crippen LogP contribution in [-0.2, 0) is 39.5 Å². The van der Waals surface area contributed by atoms with Crippen LogP contribution in [0.5, 0.6) is 0 Å². The van der Waals surface area contributed by atoms with Crippen LogP contribution in [0, 0.1) is 7.43 Å². The minimum Gasteiger partial charge on any atom is -0.466 e. The number of carbonyl (C=O) groups excluding carboxylic acids is 3. The quantitative estimate of drug-likeness (QED) is 0.117. The molecule has 0 spiro atoms. The Morgan fingerprint density at radius 3 is 1.93 bits per heavy atom. The van der Waals surface area contributed by atoms with Crippen LogP contribution in [-0.4, -0.2) is 34.1 Å². The van der Waals surface area contributed by atoms with E-state index in [4.69, 9.17) is 0 Å². The third-order valence-corrected chi connectivity index (χ3v) is 7.54. The first-order valence-electron chi connectivity index (χ1n) is 15.3. The van der Waals surface area contributed by atoms with Crippen molar-refractivity contribution in [2.75, 3.05) is 6.61 Å². The summed E-state index contributed by atoms with van der Waals surface area (Å²) < 4.78 is 4.40. The summed E-state index contributed by atoms with van der Waals surface area (Å²) in [4.78, 5) is 41.8. The summed E-state index contributed by atoms with van der Waals surface area (Å²) in [6.07, 6.45) is 11.5. The normalized spacial score (nSPS) is 15.3. The fraction of sp³-hybridized carbons (Fsp3) is 0.282. The standard InChI is InChI=1S/C17H17NO.C17H15NO.C4H8O2.CH3.Pd/c2*19-16-8-4-7-15(11-16)17-12-14(9-10-18-17)13-5-2-1-3-6-13;1-3-6-4(2)5;;/h1-3,5-6,9-10,12,15H,4,7-8,11H2;1-3,5-6,9-12H,4,7-8H2;3H2,1-2H3;1H3;/q;;;-1;. The fourth-order valence-electron chi connectivity index (χ4n) is 5.37. The van der Waals surface area contributed by atoms with Crippen LogP contribution in [0.4, 0.5) is 0 Å². The predicted octanol–water partition coefficient (Wildman–Crippen LogP) is 8.88. The number of hydrogen-bond donors (Lipinski definition) is 0. The van der Waals surface area contributed by atoms with Gasteiger partial charge in [0.15, 0.2) is 5.78 Å². The van der Waals surface area contributed by atoms with Gasteiger partial charge in [-0.25, -0.2) is 0 Å². The van der Waals surface area contributed by atoms with E-state index < -0.39 is 0 Å². The van der Waals surface area contributed by atoms with E-state index in [0.29, 0.717) is 31.1 Å². The summed E-state index contributed by atoms with van der Waals surface area (Å²) in [5.41, 5.74) is 7.76. The van der Waals surface area contributed by atoms with Gasteiger partial charge in [0, 0.05) is 70.6 Å². The molecule has 7 heteroatoms. The Bertz CT molecular complexity index is 1570. The van der Waals surface area contributed by atoms with Crippen LogP contribution in [0.15, 0.2) is 103 Å². The van der Waals surface area contributed by atoms with Gasteiger partial charge < -0.3 is 12.2 Å². The van der Waals surface area contributed by atoms with E-state index in [1.807, 2.05) is 60.9 Å². The molecule has 1 unspecified atom stereocenters. The molecule has 2 aromatic carbocycles. The maximum absolute atomic E-state index is 11.6. The first-order valence-corrected chi connectivity index (χ1v) is 15.3. The Balaban J connectivity index is 0.000000263. The number of ether oxygens (including phenoxy) is 1. The van der Waals surface area contributed by atoms with Crippen molar-refractivity contribution in [3.8, 4) is 22.3 Å². The molecular weight excluding hydrogens is 667 g/mol. The van der Waals surface area contributed by atoms with Crippen LogP contribution in [0.2, 0.25) is 0 Å². The van der Waals surface area contributed by atoms with Crippen LogP contribution in [0.1, 0.15) is 76.1 Å². The van der Waals surface area contributed by atoms with Gasteiger partial charge in [-0.1, -0.05) is 60.7 Å². The Morgan fingerprint density at radius 1 is 0.783 bits per heavy atom. The first-order chi connectivity index (χ1) is 21.4. The average Bonchev–Trinajstić information content (AvgIpc) is 3.06. The van der Waals surface area contributed by atoms with E-state index in [1.54, 1.807) is 13.0 Å². The second-order valence-electron chi connectivity index (χ2n) is 10.9. The molecule has 244 valence electrons. The number of pyridine rings is 2. The minimum absolute atomic E-state index is 0. The number of nitrogens with zero attached hydrogens (tertiary/aromatic N) is 2. The van der Waals surface area contributed by atoms with E-state index >= 15 is 0 Å². The molecule has 0 aliphatic heterocycles. The zero-order chi connectivity index (χ0) is 31.1. The second-order valence-corrected chi connectivity index (χ2v) is 10.9. The largest absolute Gasteiger partial charge is 0.466 e. The van der Waals surface area contributed by atoms with Crippen molar-refractivity contribution >= 4 is 23.1 Å². The van der Waals surface area contributed by atoms with Crippen molar-refractivity contribution in [2.24, 2.45) is 0 Å². The zero-order valence-corrected chi connectivity index (χ0v) is 28.4. The maximum Gasteiger partial charge on any atom is 0.302 e. The van der Waals surface area contributed by atoms with Gasteiger partial charge in [0.05, 0.1) is 12.3 Å². The summed E-state index contributed by atoms with van der Waals surface area (Å²) in [7, 11) is 0. The molecule has 6 rings (SSSR count). The van der Waals surface area contributed by atoms with Gasteiger partial charge in [-0.3, -0.25) is 24.4 Å². The molecule has 0 saturated heterocycles. The van der Waals surface area contributed by atoms with Crippen molar-refractivity contribution in [2.45, 2.75) is 64.7 Å². The number of rotatable bonds is 5. The monoisotopic (exact) mass is 709 g/mol. The van der Waals surface area contributed by atoms with Gasteiger partial charge in [-0.15, -0.1) is 0 Å². The molecule has 46 heavy (non-hydrogen) atoms. The average molecular weight is 710 g/mol. The van der Waals surface area contributed by atoms with Gasteiger partial charge in [-0.2, -0.15) is 0 Å². The fourth-order valence-corrected chi connectivity index (χ4v) is 5.37. The second kappa shape index (κ2) is 20.2. The third kappa shape index (κ3) is 12.0. The van der Waals surface area contributed by atoms with Crippen molar-refractivity contribution in [3.63, 3.8) is 0 Å². The molecule has 1 saturated carbocycles. The van der Waals surface area contributed by atoms with Gasteiger partial charge in [-0.05, 0) is 90.8 Å². The molecule has 2 aromatic heterocycles. The Labute approximate surface area is 287 Å². The van der Waals surface area contributed by atoms with Crippen molar-refractivity contribution in [3.05, 3.63) is 122 Å². The smallest absolute Gasteiger partial charge is 0.302 e. The molecule has 1 atom stereocenters. The predicted molar refractivity (Wildman–Crippen MR) is 181 cm³/mol. The summed E-state index contributed by atoms with van der Waals surface area (Å²) in [5.74, 6) is 0.693. The molecule has 2 heterocycles. The number of hydrogen-bond acceptors (Lipinski definition) is 6. The molecule has 4 aromatic rings. The Hall–Kier alpha value is -4.05. The van der Waals surface area contributed by atoms with E-state index in [-0.39, 0.29) is 39.6 Å². The molecular formula is C39H43N2O4Pd-. The van der Waals surface area contributed by atoms with Crippen LogP contribution in [0.3, 0.4) is 0 Å². The van der Waals surface area contributed by atoms with Gasteiger partial charge in [0.1, 0.15) is 5.78 Å². The number of aromatic nitrogens is 2. The Morgan fingerprint density at radius 2 is 1.39 bits per heavy atom. The van der Waals surface area contributed by atoms with Gasteiger partial charge >= 0.3 is 5.97 Å². The summed E-state index contributed by atoms with van der Waals surface area (Å²) >= 11 is 0. The van der Waals surface area contributed by atoms with Crippen LogP contribution in [0.25, 0.3) is 27.8 Å². The van der Waals surface area contributed by atoms with E-state index in [0.717, 1.165) is 54.6 Å². The SMILES string of the molecule is CCOC(C)=O.O=C1C=C(c2cc(-c3ccccc3)ccn2)CCC1.O=C1CCCC(c2cc(-c3ccccc3)ccn2)C1.[CH3-].[Pd]. The summed E-state index contributed by atoms with van der Waals surface area (Å²) in [6, 6.07) is 28.8. The zero-order valence-electron chi connectivity index (χ0n) is 26.9. The number of ketones is 2. The molecule has 0 radical (unpaired) electrons. The number of esters is 1. The van der Waals surface area contributed by atoms with E-state index in [9.17, 15) is 14.4 Å². The van der Waals surface area contributed by atoms with Crippen LogP contribution < -0.4 is 0 Å². The summed E-state index contributed by atoms with van der Waals surface area (Å²) in [5, 5.41) is 0. The molecule has 0 amide bonds. The summed E-state index contributed by atoms with van der Waals surface area (Å²) in [6.45, 7) is 3.65. The first kappa shape index (κ1) is 38.1. The minimum atomic E-state index is -0.211. The number of carbonyl (C=O) groups is 3. The molecule has 2 aliphatic rings. The van der Waals surface area contributed by atoms with Crippen molar-refractivity contribution in [1.82, 2.24) is 9.97 Å². The third-order valence-electron chi connectivity index (χ3n) is 7.54. The molecule has 2 aliphatic carbocycles. The number of Topliss-reactive ketones (excluding diaryl/α,β-unsaturated/α-hetero) is 1.